The first-order chi connectivity index (χ1) is 18.5. The summed E-state index contributed by atoms with van der Waals surface area (Å²) in [4.78, 5) is 35.5. The van der Waals surface area contributed by atoms with Crippen molar-refractivity contribution in [2.24, 2.45) is 0 Å². The van der Waals surface area contributed by atoms with Gasteiger partial charge in [0, 0.05) is 49.9 Å². The number of ether oxygens (including phenoxy) is 1. The van der Waals surface area contributed by atoms with E-state index in [0.29, 0.717) is 28.8 Å². The van der Waals surface area contributed by atoms with Crippen LogP contribution >= 0.6 is 35.3 Å². The molecule has 1 aromatic heterocycles. The maximum atomic E-state index is 13.6. The number of anilines is 1. The molecule has 0 bridgehead atoms. The maximum absolute atomic E-state index is 13.6. The van der Waals surface area contributed by atoms with E-state index in [1.807, 2.05) is 38.1 Å². The Morgan fingerprint density at radius 3 is 2.33 bits per heavy atom. The molecule has 1 aliphatic heterocycles. The molecule has 40 heavy (non-hydrogen) atoms. The summed E-state index contributed by atoms with van der Waals surface area (Å²) in [7, 11) is 0.0696. The summed E-state index contributed by atoms with van der Waals surface area (Å²) in [5.41, 5.74) is 2.08. The molecule has 2 aromatic carbocycles. The lowest BCUT2D eigenvalue weighted by atomic mass is 10.2. The average Bonchev–Trinajstić information content (AvgIpc) is 3.33. The molecule has 2 heterocycles. The summed E-state index contributed by atoms with van der Waals surface area (Å²) in [5.74, 6) is -0.272. The monoisotopic (exact) mass is 629 g/mol. The third-order valence-electron chi connectivity index (χ3n) is 6.39. The van der Waals surface area contributed by atoms with Crippen molar-refractivity contribution in [3.8, 4) is 0 Å². The first kappa shape index (κ1) is 32.0. The number of aryl methyl sites for hydroxylation is 1. The number of hydrogen-bond acceptors (Lipinski definition) is 8. The van der Waals surface area contributed by atoms with Crippen molar-refractivity contribution < 1.29 is 22.7 Å². The molecule has 4 rings (SSSR count). The first-order valence-electron chi connectivity index (χ1n) is 12.6. The molecule has 1 saturated heterocycles. The molecule has 10 nitrogen and oxygen atoms in total. The topological polar surface area (TPSA) is 103 Å². The molecule has 1 fully saturated rings. The zero-order valence-electron chi connectivity index (χ0n) is 22.8. The summed E-state index contributed by atoms with van der Waals surface area (Å²) in [5, 5.41) is 1.17. The van der Waals surface area contributed by atoms with Crippen LogP contribution in [0.5, 0.6) is 0 Å². The fraction of sp³-hybridized carbons (Fsp3) is 0.423. The van der Waals surface area contributed by atoms with Gasteiger partial charge in [0.15, 0.2) is 5.13 Å². The number of sulfonamides is 1. The van der Waals surface area contributed by atoms with Crippen molar-refractivity contribution in [2.45, 2.75) is 18.7 Å². The summed E-state index contributed by atoms with van der Waals surface area (Å²) < 4.78 is 33.7. The van der Waals surface area contributed by atoms with Crippen LogP contribution in [0.3, 0.4) is 0 Å². The van der Waals surface area contributed by atoms with Gasteiger partial charge in [0.2, 0.25) is 10.0 Å². The Labute approximate surface area is 249 Å². The Hall–Kier alpha value is -2.48. The SMILES string of the molecule is CCOC(=O)N1CCN(S(=O)(=O)c2ccc(C(=O)N(CCN(C)C)c3nc4c(C)cc(Cl)cc4s3)cc2)CC1.Cl. The highest BCUT2D eigenvalue weighted by molar-refractivity contribution is 7.89. The van der Waals surface area contributed by atoms with Gasteiger partial charge in [-0.2, -0.15) is 4.31 Å². The van der Waals surface area contributed by atoms with Crippen molar-refractivity contribution in [3.05, 3.63) is 52.5 Å². The van der Waals surface area contributed by atoms with Crippen LogP contribution < -0.4 is 4.90 Å². The molecule has 0 spiro atoms. The molecular weight excluding hydrogens is 597 g/mol. The van der Waals surface area contributed by atoms with Gasteiger partial charge in [-0.15, -0.1) is 12.4 Å². The molecular formula is C26H33Cl2N5O5S2. The van der Waals surface area contributed by atoms with Crippen molar-refractivity contribution >= 4 is 72.7 Å². The predicted octanol–water partition coefficient (Wildman–Crippen LogP) is 4.35. The fourth-order valence-electron chi connectivity index (χ4n) is 4.24. The second-order valence-electron chi connectivity index (χ2n) is 9.44. The van der Waals surface area contributed by atoms with Crippen molar-refractivity contribution in [1.29, 1.82) is 0 Å². The normalized spacial score (nSPS) is 14.3. The summed E-state index contributed by atoms with van der Waals surface area (Å²) >= 11 is 7.62. The molecule has 0 unspecified atom stereocenters. The van der Waals surface area contributed by atoms with E-state index in [0.717, 1.165) is 15.8 Å². The number of carbonyl (C=O) groups excluding carboxylic acids is 2. The molecule has 0 saturated carbocycles. The van der Waals surface area contributed by atoms with E-state index >= 15 is 0 Å². The van der Waals surface area contributed by atoms with Crippen molar-refractivity contribution in [3.63, 3.8) is 0 Å². The molecule has 1 aliphatic rings. The number of thiazole rings is 1. The van der Waals surface area contributed by atoms with Crippen LogP contribution in [0.2, 0.25) is 5.02 Å². The third kappa shape index (κ3) is 7.04. The standard InChI is InChI=1S/C26H32ClN5O5S2.ClH/c1-5-37-26(34)30-11-13-31(14-12-30)39(35,36)21-8-6-19(7-9-21)24(33)32(15-10-29(3)4)25-28-23-18(2)16-20(27)17-22(23)38-25;/h6-9,16-17H,5,10-15H2,1-4H3;1H. The number of halogens is 2. The van der Waals surface area contributed by atoms with Crippen LogP contribution in [0.15, 0.2) is 41.3 Å². The van der Waals surface area contributed by atoms with Gasteiger partial charge in [-0.05, 0) is 69.9 Å². The van der Waals surface area contributed by atoms with E-state index in [1.165, 1.54) is 44.8 Å². The number of fused-ring (bicyclic) bond motifs is 1. The Morgan fingerprint density at radius 1 is 1.07 bits per heavy atom. The number of carbonyl (C=O) groups is 2. The minimum absolute atomic E-state index is 0. The number of aromatic nitrogens is 1. The minimum atomic E-state index is -3.79. The quantitative estimate of drug-likeness (QED) is 0.365. The van der Waals surface area contributed by atoms with Gasteiger partial charge < -0.3 is 14.5 Å². The van der Waals surface area contributed by atoms with Crippen LogP contribution in [0.4, 0.5) is 9.93 Å². The lowest BCUT2D eigenvalue weighted by molar-refractivity contribution is 0.0933. The lowest BCUT2D eigenvalue weighted by Crippen LogP contribution is -2.50. The molecule has 0 radical (unpaired) electrons. The number of amides is 2. The fourth-order valence-corrected chi connectivity index (χ4v) is 7.11. The van der Waals surface area contributed by atoms with Gasteiger partial charge in [-0.25, -0.2) is 18.2 Å². The number of nitrogens with zero attached hydrogens (tertiary/aromatic N) is 5. The molecule has 2 amide bonds. The van der Waals surface area contributed by atoms with E-state index in [-0.39, 0.29) is 56.0 Å². The lowest BCUT2D eigenvalue weighted by Gasteiger charge is -2.33. The highest BCUT2D eigenvalue weighted by Gasteiger charge is 2.31. The molecule has 14 heteroatoms. The predicted molar refractivity (Wildman–Crippen MR) is 161 cm³/mol. The Morgan fingerprint density at radius 2 is 1.73 bits per heavy atom. The second-order valence-corrected chi connectivity index (χ2v) is 12.8. The number of piperazine rings is 1. The van der Waals surface area contributed by atoms with Crippen molar-refractivity contribution in [1.82, 2.24) is 19.1 Å². The Kier molecular flexibility index (Phi) is 10.8. The molecule has 0 atom stereocenters. The van der Waals surface area contributed by atoms with E-state index in [9.17, 15) is 18.0 Å². The summed E-state index contributed by atoms with van der Waals surface area (Å²) in [6.07, 6.45) is -0.442. The zero-order chi connectivity index (χ0) is 28.3. The van der Waals surface area contributed by atoms with Crippen LogP contribution in [0.1, 0.15) is 22.8 Å². The van der Waals surface area contributed by atoms with Gasteiger partial charge in [-0.3, -0.25) is 9.69 Å². The Balaban J connectivity index is 0.00000441. The largest absolute Gasteiger partial charge is 0.450 e. The van der Waals surface area contributed by atoms with E-state index in [1.54, 1.807) is 11.8 Å². The van der Waals surface area contributed by atoms with E-state index in [4.69, 9.17) is 21.3 Å². The molecule has 218 valence electrons. The van der Waals surface area contributed by atoms with Crippen LogP contribution in [-0.2, 0) is 14.8 Å². The van der Waals surface area contributed by atoms with Crippen LogP contribution in [-0.4, -0.2) is 99.5 Å². The number of rotatable bonds is 8. The number of benzene rings is 2. The third-order valence-corrected chi connectivity index (χ3v) is 9.55. The minimum Gasteiger partial charge on any atom is -0.450 e. The molecule has 0 N–H and O–H groups in total. The van der Waals surface area contributed by atoms with Crippen LogP contribution in [0.25, 0.3) is 10.2 Å². The zero-order valence-corrected chi connectivity index (χ0v) is 26.0. The highest BCUT2D eigenvalue weighted by Crippen LogP contribution is 2.33. The van der Waals surface area contributed by atoms with Gasteiger partial charge >= 0.3 is 6.09 Å². The summed E-state index contributed by atoms with van der Waals surface area (Å²) in [6.45, 7) is 5.79. The summed E-state index contributed by atoms with van der Waals surface area (Å²) in [6, 6.07) is 9.64. The Bertz CT molecular complexity index is 1460. The highest BCUT2D eigenvalue weighted by atomic mass is 35.5. The second kappa shape index (κ2) is 13.5. The average molecular weight is 631 g/mol. The van der Waals surface area contributed by atoms with Gasteiger partial charge in [-0.1, -0.05) is 22.9 Å². The van der Waals surface area contributed by atoms with E-state index in [2.05, 4.69) is 0 Å². The van der Waals surface area contributed by atoms with Crippen LogP contribution in [0, 0.1) is 6.92 Å². The van der Waals surface area contributed by atoms with Crippen molar-refractivity contribution in [2.75, 3.05) is 64.9 Å². The first-order valence-corrected chi connectivity index (χ1v) is 15.2. The van der Waals surface area contributed by atoms with Gasteiger partial charge in [0.05, 0.1) is 21.7 Å². The maximum Gasteiger partial charge on any atom is 0.409 e. The number of hydrogen-bond donors (Lipinski definition) is 0. The van der Waals surface area contributed by atoms with Gasteiger partial charge in [0.1, 0.15) is 0 Å². The molecule has 3 aromatic rings. The van der Waals surface area contributed by atoms with E-state index < -0.39 is 16.1 Å². The molecule has 0 aliphatic carbocycles. The van der Waals surface area contributed by atoms with Gasteiger partial charge in [0.25, 0.3) is 5.91 Å². The smallest absolute Gasteiger partial charge is 0.409 e. The number of likely N-dealkylation sites (N-methyl/N-ethyl adjacent to an activating group) is 1.